The molecule has 22 atom stereocenters. The molecular formula is C85H91N5O25S. The number of rotatable bonds is 0. The Morgan fingerprint density at radius 2 is 0.819 bits per heavy atom. The molecule has 15 N–H and O–H groups in total. The van der Waals surface area contributed by atoms with Gasteiger partial charge in [0.2, 0.25) is 0 Å². The molecule has 9 heterocycles. The Hall–Kier alpha value is -9.03. The number of aliphatic hydroxyl groups is 6. The molecular weight excluding hydrogens is 1520 g/mol. The Kier molecular flexibility index (Phi) is 16.4. The highest BCUT2D eigenvalue weighted by Crippen LogP contribution is 2.70. The average Bonchev–Trinajstić information content (AvgIpc) is 1.46. The number of nitrogens with zero attached hydrogens (tertiary/aromatic N) is 3. The number of aliphatic hydroxyl groups excluding tert-OH is 1. The van der Waals surface area contributed by atoms with Gasteiger partial charge in [0.25, 0.3) is 0 Å². The number of quaternary nitrogens is 1. The minimum absolute atomic E-state index is 0. The first kappa shape index (κ1) is 76.9. The molecule has 11 aliphatic carbocycles. The number of phenols is 5. The van der Waals surface area contributed by atoms with Crippen LogP contribution >= 0.6 is 0 Å². The molecule has 25 rings (SSSR count). The van der Waals surface area contributed by atoms with Crippen LogP contribution in [0.3, 0.4) is 0 Å². The average molecular weight is 1610 g/mol. The zero-order chi connectivity index (χ0) is 80.9. The molecule has 2 unspecified atom stereocenters. The van der Waals surface area contributed by atoms with E-state index in [1.54, 1.807) is 48.6 Å². The summed E-state index contributed by atoms with van der Waals surface area (Å²) in [4.78, 5) is 68.8. The van der Waals surface area contributed by atoms with Crippen molar-refractivity contribution >= 4 is 39.3 Å². The third-order valence-corrected chi connectivity index (χ3v) is 31.2. The van der Waals surface area contributed by atoms with Crippen molar-refractivity contribution in [1.82, 2.24) is 20.0 Å². The fraction of sp³-hybridized carbons (Fsp3) is 0.506. The van der Waals surface area contributed by atoms with E-state index >= 15 is 0 Å². The molecule has 10 bridgehead atoms. The monoisotopic (exact) mass is 1610 g/mol. The first-order valence-corrected chi connectivity index (χ1v) is 40.8. The van der Waals surface area contributed by atoms with Crippen LogP contribution in [0.5, 0.6) is 57.5 Å². The van der Waals surface area contributed by atoms with Crippen molar-refractivity contribution in [2.75, 3.05) is 47.3 Å². The van der Waals surface area contributed by atoms with Crippen LogP contribution in [-0.2, 0) is 93.6 Å². The molecule has 4 saturated heterocycles. The Balaban J connectivity index is 0.0000000951. The number of ether oxygens (including phenoxy) is 5. The third kappa shape index (κ3) is 9.16. The number of aromatic hydroxyl groups is 5. The maximum absolute atomic E-state index is 12.6. The second kappa shape index (κ2) is 24.8. The zero-order valence-corrected chi connectivity index (χ0v) is 64.8. The zero-order valence-electron chi connectivity index (χ0n) is 64.0. The summed E-state index contributed by atoms with van der Waals surface area (Å²) in [6.45, 7) is 3.06. The van der Waals surface area contributed by atoms with Gasteiger partial charge >= 0.3 is 0 Å². The molecule has 612 valence electrons. The molecule has 7 fully saturated rings. The van der Waals surface area contributed by atoms with Crippen LogP contribution in [0.25, 0.3) is 0 Å². The van der Waals surface area contributed by atoms with Gasteiger partial charge < -0.3 is 110 Å². The minimum atomic E-state index is -5.17. The number of benzene rings is 5. The SMILES string of the molecule is CN1CC[C@]23c4c5ccc(O)c4O[C@H]2C(=O)C=C[C@@]3(O)[C@H]1C5.CN1CC[C@]23c4c5ccc(O)c4O[C@H]2C(=O)CC(O)[C@@]3(O)[C@H]1C5.CN1CC[C@]23c4c5ccc(O)c4O[C@H]2C(=O)CC[C@@]3(O)[C@H]1C5.O=C1C=C[C@@]2(O)[C@H]3Cc4ccc(O)c5c4[C@@]2(CCN3)[C@H]1O5.O=S(=O)([O-])[O-].[CH3+].[NH3+]C1CC[C@]23c4c5ccc(O)c4O[C@H]2C(=O)C=C[C@@]3(O)[C@H]1C5. The van der Waals surface area contributed by atoms with Gasteiger partial charge in [0.05, 0.1) is 44.8 Å². The lowest BCUT2D eigenvalue weighted by atomic mass is 9.46. The molecule has 3 saturated carbocycles. The van der Waals surface area contributed by atoms with Crippen LogP contribution in [0.2, 0.25) is 0 Å². The van der Waals surface area contributed by atoms with Gasteiger partial charge in [0.1, 0.15) is 22.4 Å². The Morgan fingerprint density at radius 1 is 0.448 bits per heavy atom. The van der Waals surface area contributed by atoms with E-state index in [-0.39, 0.29) is 108 Å². The first-order chi connectivity index (χ1) is 54.4. The van der Waals surface area contributed by atoms with Gasteiger partial charge in [-0.3, -0.25) is 37.3 Å². The second-order valence-corrected chi connectivity index (χ2v) is 36.3. The van der Waals surface area contributed by atoms with Gasteiger partial charge in [-0.1, -0.05) is 30.3 Å². The van der Waals surface area contributed by atoms with Gasteiger partial charge in [-0.25, -0.2) is 0 Å². The minimum Gasteiger partial charge on any atom is -0.759 e. The van der Waals surface area contributed by atoms with E-state index in [1.165, 1.54) is 18.2 Å². The summed E-state index contributed by atoms with van der Waals surface area (Å²) in [5.41, 5.74) is 3.96. The highest BCUT2D eigenvalue weighted by atomic mass is 32.3. The summed E-state index contributed by atoms with van der Waals surface area (Å²) >= 11 is 0. The van der Waals surface area contributed by atoms with Crippen LogP contribution in [-0.4, -0.2) is 259 Å². The van der Waals surface area contributed by atoms with Crippen molar-refractivity contribution in [2.24, 2.45) is 5.92 Å². The highest BCUT2D eigenvalue weighted by molar-refractivity contribution is 7.79. The van der Waals surface area contributed by atoms with E-state index in [4.69, 9.17) is 41.2 Å². The Bertz CT molecular complexity index is 5290. The number of nitrogens with one attached hydrogen (secondary N) is 1. The van der Waals surface area contributed by atoms with E-state index in [9.17, 15) is 80.1 Å². The smallest absolute Gasteiger partial charge is 0.196 e. The van der Waals surface area contributed by atoms with Crippen molar-refractivity contribution in [3.63, 3.8) is 0 Å². The number of piperidine rings is 4. The van der Waals surface area contributed by atoms with Crippen molar-refractivity contribution in [3.8, 4) is 57.5 Å². The fourth-order valence-electron chi connectivity index (χ4n) is 26.4. The van der Waals surface area contributed by atoms with E-state index in [2.05, 4.69) is 25.8 Å². The molecule has 0 amide bonds. The van der Waals surface area contributed by atoms with Crippen LogP contribution in [0.1, 0.15) is 113 Å². The van der Waals surface area contributed by atoms with E-state index in [0.29, 0.717) is 106 Å². The lowest BCUT2D eigenvalue weighted by Crippen LogP contribution is -2.80. The summed E-state index contributed by atoms with van der Waals surface area (Å²) in [7, 11) is 0.829. The maximum atomic E-state index is 12.6. The van der Waals surface area contributed by atoms with Gasteiger partial charge in [-0.2, -0.15) is 0 Å². The van der Waals surface area contributed by atoms with Gasteiger partial charge in [0, 0.05) is 95.0 Å². The standard InChI is InChI=1S/C17H19NO5.C17H19NO4.2C17H17NO4.C16H15NO4.CH3.H2O4S/c1-18-5-4-16-13-8-2-3-9(19)14(13)23-15(16)10(20)7-12(21)17(16,22)11(18)6-8;2*1-18-7-6-16-13-9-2-3-10(19)14(13)22-15(16)11(20)4-5-17(16,21)12(18)8-9;18-10-3-5-16-13-8-1-2-11(19)14(13)22-15(16)12(20)4-6-17(16,21)9(10)7-8;18-9-2-1-8-7-11-16(20)4-3-10(19)14-15(16,5-6-17-11)12(8)13(9)21-14;;1-5(2,3)4/h2-3,11-12,15,19,21-22H,4-7H2,1H3;2-3,12,15,19,21H,4-8H2,1H3;2-5,12,15,19,21H,6-8H2,1H3;1-2,4,6,9-10,15,19,21H,3,5,7,18H2;1-4,11,14,17-18,20H,5-7H2;1H3;(H2,1,2,3,4)/q;;;;;+1;/p-1/t11-,12?,15+,16+,17+;2*12-,15+,16+,17-;9-,10?,15-,16-,17+;11-,14+,15+,16-;;/m11101../s1. The maximum Gasteiger partial charge on any atom is 0.196 e. The van der Waals surface area contributed by atoms with E-state index in [0.717, 1.165) is 88.1 Å². The number of Topliss-reactive ketones (excluding diaryl/α,β-unsaturated/α-hetero) is 2. The van der Waals surface area contributed by atoms with Crippen molar-refractivity contribution in [1.29, 1.82) is 0 Å². The van der Waals surface area contributed by atoms with Crippen LogP contribution in [0.4, 0.5) is 0 Å². The summed E-state index contributed by atoms with van der Waals surface area (Å²) < 4.78 is 63.5. The molecule has 5 aromatic rings. The predicted molar refractivity (Wildman–Crippen MR) is 402 cm³/mol. The lowest BCUT2D eigenvalue weighted by molar-refractivity contribution is -0.452. The van der Waals surface area contributed by atoms with Crippen molar-refractivity contribution in [2.45, 2.75) is 212 Å². The molecule has 116 heavy (non-hydrogen) atoms. The van der Waals surface area contributed by atoms with Gasteiger partial charge in [0.15, 0.2) is 117 Å². The number of carbonyl (C=O) groups is 5. The molecule has 20 aliphatic rings. The third-order valence-electron chi connectivity index (χ3n) is 31.2. The van der Waals surface area contributed by atoms with Crippen LogP contribution < -0.4 is 34.7 Å². The molecule has 0 radical (unpaired) electrons. The quantitative estimate of drug-likeness (QED) is 0.0556. The van der Waals surface area contributed by atoms with Gasteiger partial charge in [-0.05, 0) is 213 Å². The lowest BCUT2D eigenvalue weighted by Gasteiger charge is -2.63. The largest absolute Gasteiger partial charge is 0.759 e. The topological polar surface area (TPSA) is 484 Å². The van der Waals surface area contributed by atoms with Crippen molar-refractivity contribution in [3.05, 3.63) is 160 Å². The van der Waals surface area contributed by atoms with Crippen molar-refractivity contribution < 1.29 is 127 Å². The number of likely N-dealkylation sites (N-methyl/N-ethyl adjacent to an activating group) is 3. The second-order valence-electron chi connectivity index (χ2n) is 35.5. The van der Waals surface area contributed by atoms with E-state index in [1.807, 2.05) is 51.5 Å². The normalized spacial score (nSPS) is 40.8. The number of ketones is 5. The summed E-state index contributed by atoms with van der Waals surface area (Å²) in [6, 6.07) is 17.2. The fourth-order valence-corrected chi connectivity index (χ4v) is 26.4. The molecule has 30 nitrogen and oxygen atoms in total. The summed E-state index contributed by atoms with van der Waals surface area (Å²) in [5.74, 6) is 1.56. The number of carbonyl (C=O) groups excluding carboxylic acids is 5. The van der Waals surface area contributed by atoms with Crippen LogP contribution in [0, 0.1) is 13.3 Å². The first-order valence-electron chi connectivity index (χ1n) is 39.4. The number of phenolic OH excluding ortho intramolecular Hbond substituents is 5. The number of hydrogen-bond acceptors (Lipinski definition) is 29. The predicted octanol–water partition coefficient (Wildman–Crippen LogP) is 0.111. The number of likely N-dealkylation sites (tertiary alicyclic amines) is 3. The Morgan fingerprint density at radius 3 is 1.33 bits per heavy atom. The molecule has 9 aliphatic heterocycles. The van der Waals surface area contributed by atoms with Gasteiger partial charge in [-0.15, -0.1) is 0 Å². The van der Waals surface area contributed by atoms with E-state index < -0.39 is 102 Å². The molecule has 0 aromatic heterocycles. The molecule has 31 heteroatoms. The molecule has 5 spiro atoms. The Labute approximate surface area is 665 Å². The highest BCUT2D eigenvalue weighted by Gasteiger charge is 2.79. The summed E-state index contributed by atoms with van der Waals surface area (Å²) in [6.07, 6.45) is 12.5. The van der Waals surface area contributed by atoms with Crippen LogP contribution in [0.15, 0.2) is 97.1 Å². The summed E-state index contributed by atoms with van der Waals surface area (Å²) in [5, 5.41) is 123. The molecule has 5 aromatic carbocycles. The number of hydrogen-bond donors (Lipinski definition) is 13.